The second kappa shape index (κ2) is 6.33. The zero-order valence-electron chi connectivity index (χ0n) is 10.5. The van der Waals surface area contributed by atoms with Gasteiger partial charge in [0, 0.05) is 9.30 Å². The van der Waals surface area contributed by atoms with Gasteiger partial charge in [-0.25, -0.2) is 16.8 Å². The number of sulfonamides is 2. The van der Waals surface area contributed by atoms with Gasteiger partial charge in [0.1, 0.15) is 0 Å². The summed E-state index contributed by atoms with van der Waals surface area (Å²) in [5, 5.41) is 0. The zero-order chi connectivity index (χ0) is 15.7. The molecule has 0 aromatic heterocycles. The number of rotatable bonds is 4. The summed E-state index contributed by atoms with van der Waals surface area (Å²) in [4.78, 5) is -0.119. The maximum atomic E-state index is 12.1. The van der Waals surface area contributed by atoms with Crippen LogP contribution in [-0.2, 0) is 20.0 Å². The predicted molar refractivity (Wildman–Crippen MR) is 87.9 cm³/mol. The van der Waals surface area contributed by atoms with Crippen molar-refractivity contribution >= 4 is 51.9 Å². The summed E-state index contributed by atoms with van der Waals surface area (Å²) in [6.45, 7) is 0. The Labute approximate surface area is 140 Å². The van der Waals surface area contributed by atoms with E-state index in [1.54, 1.807) is 10.2 Å². The van der Waals surface area contributed by atoms with Crippen molar-refractivity contribution in [2.45, 2.75) is 16.1 Å². The van der Waals surface area contributed by atoms with Gasteiger partial charge in [0.2, 0.25) is 0 Å². The summed E-state index contributed by atoms with van der Waals surface area (Å²) < 4.78 is 50.9. The van der Waals surface area contributed by atoms with E-state index in [0.717, 1.165) is 0 Å². The number of benzene rings is 1. The predicted octanol–water partition coefficient (Wildman–Crippen LogP) is 2.66. The maximum Gasteiger partial charge on any atom is 0.253 e. The number of halogens is 2. The molecule has 0 amide bonds. The highest BCUT2D eigenvalue weighted by Gasteiger charge is 2.26. The molecule has 1 aromatic rings. The molecule has 1 aromatic carbocycles. The summed E-state index contributed by atoms with van der Waals surface area (Å²) >= 11 is 6.50. The lowest BCUT2D eigenvalue weighted by atomic mass is 10.2. The highest BCUT2D eigenvalue weighted by molar-refractivity contribution is 9.10. The van der Waals surface area contributed by atoms with E-state index in [-0.39, 0.29) is 14.6 Å². The van der Waals surface area contributed by atoms with Crippen molar-refractivity contribution in [2.24, 2.45) is 0 Å². The van der Waals surface area contributed by atoms with Crippen molar-refractivity contribution in [3.63, 3.8) is 0 Å². The van der Waals surface area contributed by atoms with Crippen LogP contribution in [0.2, 0.25) is 0 Å². The lowest BCUT2D eigenvalue weighted by Crippen LogP contribution is -2.31. The Morgan fingerprint density at radius 1 is 1.05 bits per heavy atom. The third kappa shape index (κ3) is 4.26. The molecule has 1 atom stereocenters. The molecule has 1 aliphatic rings. The standard InChI is InChI=1S/C12H11Br2NO4S2/c13-9-1-5-11(6-2-9)20(16,17)15-21(18,19)12-7-3-10(14)4-8-12/h1-3,5-8,10,15H,4H2. The molecule has 9 heteroatoms. The van der Waals surface area contributed by atoms with Gasteiger partial charge in [-0.2, -0.15) is 0 Å². The number of hydrogen-bond donors (Lipinski definition) is 1. The minimum atomic E-state index is -4.14. The van der Waals surface area contributed by atoms with Crippen molar-refractivity contribution in [2.75, 3.05) is 0 Å². The first kappa shape index (κ1) is 16.9. The van der Waals surface area contributed by atoms with Crippen LogP contribution in [-0.4, -0.2) is 21.7 Å². The van der Waals surface area contributed by atoms with Crippen molar-refractivity contribution in [3.05, 3.63) is 51.9 Å². The largest absolute Gasteiger partial charge is 0.253 e. The Morgan fingerprint density at radius 3 is 2.19 bits per heavy atom. The molecule has 0 aliphatic heterocycles. The highest BCUT2D eigenvalue weighted by atomic mass is 79.9. The first-order valence-electron chi connectivity index (χ1n) is 5.77. The van der Waals surface area contributed by atoms with E-state index in [4.69, 9.17) is 0 Å². The van der Waals surface area contributed by atoms with Crippen LogP contribution in [0.15, 0.2) is 56.8 Å². The molecule has 0 saturated heterocycles. The fourth-order valence-electron chi connectivity index (χ4n) is 1.63. The van der Waals surface area contributed by atoms with E-state index in [1.807, 2.05) is 0 Å². The third-order valence-corrected chi connectivity index (χ3v) is 7.45. The summed E-state index contributed by atoms with van der Waals surface area (Å²) in [7, 11) is -8.26. The molecule has 0 spiro atoms. The van der Waals surface area contributed by atoms with E-state index in [1.165, 1.54) is 36.4 Å². The number of allylic oxidation sites excluding steroid dienone is 3. The van der Waals surface area contributed by atoms with Gasteiger partial charge in [-0.05, 0) is 36.8 Å². The minimum Gasteiger partial charge on any atom is -0.206 e. The normalized spacial score (nSPS) is 19.3. The molecule has 21 heavy (non-hydrogen) atoms. The molecular formula is C12H11Br2NO4S2. The molecular weight excluding hydrogens is 446 g/mol. The van der Waals surface area contributed by atoms with E-state index in [0.29, 0.717) is 10.9 Å². The lowest BCUT2D eigenvalue weighted by Gasteiger charge is -2.12. The minimum absolute atomic E-state index is 0.0551. The SMILES string of the molecule is O=S(=O)(NS(=O)(=O)c1ccc(Br)cc1)C1=CCC(Br)C=C1. The summed E-state index contributed by atoms with van der Waals surface area (Å²) in [5.74, 6) is 0. The van der Waals surface area contributed by atoms with Crippen LogP contribution in [0.4, 0.5) is 0 Å². The van der Waals surface area contributed by atoms with Gasteiger partial charge in [0.05, 0.1) is 9.80 Å². The van der Waals surface area contributed by atoms with E-state index in [9.17, 15) is 16.8 Å². The first-order chi connectivity index (χ1) is 9.71. The molecule has 1 N–H and O–H groups in total. The number of alkyl halides is 1. The van der Waals surface area contributed by atoms with Crippen LogP contribution < -0.4 is 4.13 Å². The van der Waals surface area contributed by atoms with Crippen LogP contribution in [0, 0.1) is 0 Å². The van der Waals surface area contributed by atoms with Crippen LogP contribution in [0.25, 0.3) is 0 Å². The van der Waals surface area contributed by atoms with Crippen molar-refractivity contribution in [1.82, 2.24) is 4.13 Å². The maximum absolute atomic E-state index is 12.1. The molecule has 0 heterocycles. The van der Waals surface area contributed by atoms with E-state index >= 15 is 0 Å². The Balaban J connectivity index is 2.28. The second-order valence-corrected chi connectivity index (χ2v) is 9.98. The van der Waals surface area contributed by atoms with Crippen molar-refractivity contribution < 1.29 is 16.8 Å². The molecule has 114 valence electrons. The monoisotopic (exact) mass is 455 g/mol. The van der Waals surface area contributed by atoms with Crippen LogP contribution >= 0.6 is 31.9 Å². The van der Waals surface area contributed by atoms with E-state index < -0.39 is 20.0 Å². The Bertz CT molecular complexity index is 796. The summed E-state index contributed by atoms with van der Waals surface area (Å²) in [6, 6.07) is 5.69. The molecule has 1 aliphatic carbocycles. The fraction of sp³-hybridized carbons (Fsp3) is 0.167. The average Bonchev–Trinajstić information content (AvgIpc) is 2.38. The Morgan fingerprint density at radius 2 is 1.67 bits per heavy atom. The third-order valence-electron chi connectivity index (χ3n) is 2.67. The molecule has 0 saturated carbocycles. The van der Waals surface area contributed by atoms with Gasteiger partial charge in [-0.3, -0.25) is 0 Å². The second-order valence-electron chi connectivity index (χ2n) is 4.26. The van der Waals surface area contributed by atoms with Gasteiger partial charge in [0.25, 0.3) is 20.0 Å². The quantitative estimate of drug-likeness (QED) is 0.706. The van der Waals surface area contributed by atoms with E-state index in [2.05, 4.69) is 31.9 Å². The van der Waals surface area contributed by atoms with Crippen LogP contribution in [0.3, 0.4) is 0 Å². The molecule has 1 unspecified atom stereocenters. The number of nitrogens with one attached hydrogen (secondary N) is 1. The summed E-state index contributed by atoms with van der Waals surface area (Å²) in [5.41, 5.74) is 0. The molecule has 0 bridgehead atoms. The fourth-order valence-corrected chi connectivity index (χ4v) is 5.23. The number of hydrogen-bond acceptors (Lipinski definition) is 4. The Hall–Kier alpha value is -0.480. The van der Waals surface area contributed by atoms with Crippen LogP contribution in [0.1, 0.15) is 6.42 Å². The first-order valence-corrected chi connectivity index (χ1v) is 10.4. The average molecular weight is 457 g/mol. The van der Waals surface area contributed by atoms with Crippen molar-refractivity contribution in [3.8, 4) is 0 Å². The zero-order valence-corrected chi connectivity index (χ0v) is 15.3. The molecule has 2 rings (SSSR count). The van der Waals surface area contributed by atoms with Gasteiger partial charge >= 0.3 is 0 Å². The van der Waals surface area contributed by atoms with Gasteiger partial charge in [-0.15, -0.1) is 4.13 Å². The smallest absolute Gasteiger partial charge is 0.206 e. The van der Waals surface area contributed by atoms with Gasteiger partial charge in [-0.1, -0.05) is 44.0 Å². The topological polar surface area (TPSA) is 80.3 Å². The Kier molecular flexibility index (Phi) is 5.09. The van der Waals surface area contributed by atoms with Crippen molar-refractivity contribution in [1.29, 1.82) is 0 Å². The summed E-state index contributed by atoms with van der Waals surface area (Å²) in [6.07, 6.45) is 4.98. The molecule has 0 radical (unpaired) electrons. The molecule has 5 nitrogen and oxygen atoms in total. The van der Waals surface area contributed by atoms with Gasteiger partial charge < -0.3 is 0 Å². The van der Waals surface area contributed by atoms with Crippen LogP contribution in [0.5, 0.6) is 0 Å². The van der Waals surface area contributed by atoms with Gasteiger partial charge in [0.15, 0.2) is 0 Å². The highest BCUT2D eigenvalue weighted by Crippen LogP contribution is 2.21. The lowest BCUT2D eigenvalue weighted by molar-refractivity contribution is 0.580. The molecule has 0 fully saturated rings.